The summed E-state index contributed by atoms with van der Waals surface area (Å²) >= 11 is 0. The van der Waals surface area contributed by atoms with Gasteiger partial charge in [-0.2, -0.15) is 0 Å². The van der Waals surface area contributed by atoms with Crippen molar-refractivity contribution in [3.63, 3.8) is 0 Å². The van der Waals surface area contributed by atoms with Gasteiger partial charge in [0.15, 0.2) is 0 Å². The second-order valence-electron chi connectivity index (χ2n) is 5.87. The number of amides is 4. The van der Waals surface area contributed by atoms with Crippen molar-refractivity contribution in [3.8, 4) is 0 Å². The summed E-state index contributed by atoms with van der Waals surface area (Å²) in [6, 6.07) is 8.49. The average Bonchev–Trinajstić information content (AvgIpc) is 2.77. The molecule has 0 saturated carbocycles. The van der Waals surface area contributed by atoms with E-state index < -0.39 is 17.5 Å². The third-order valence-corrected chi connectivity index (χ3v) is 4.03. The fourth-order valence-corrected chi connectivity index (χ4v) is 2.61. The predicted molar refractivity (Wildman–Crippen MR) is 86.6 cm³/mol. The summed E-state index contributed by atoms with van der Waals surface area (Å²) in [5.74, 6) is -0.723. The van der Waals surface area contributed by atoms with Gasteiger partial charge in [0.2, 0.25) is 5.91 Å². The van der Waals surface area contributed by atoms with Crippen molar-refractivity contribution in [1.29, 1.82) is 0 Å². The molecule has 1 heterocycles. The zero-order chi connectivity index (χ0) is 16.9. The lowest BCUT2D eigenvalue weighted by Crippen LogP contribution is -2.43. The maximum atomic E-state index is 12.6. The first-order valence-corrected chi connectivity index (χ1v) is 7.95. The zero-order valence-corrected chi connectivity index (χ0v) is 13.6. The summed E-state index contributed by atoms with van der Waals surface area (Å²) in [5.41, 5.74) is -0.426. The Kier molecular flexibility index (Phi) is 5.36. The molecule has 1 saturated heterocycles. The van der Waals surface area contributed by atoms with Crippen LogP contribution in [0.2, 0.25) is 0 Å². The minimum Gasteiger partial charge on any atom is -0.355 e. The molecule has 4 amide bonds. The zero-order valence-electron chi connectivity index (χ0n) is 13.6. The number of rotatable bonds is 7. The molecule has 1 aromatic carbocycles. The van der Waals surface area contributed by atoms with Gasteiger partial charge in [-0.1, -0.05) is 50.1 Å². The Labute approximate surface area is 136 Å². The number of nitrogens with zero attached hydrogens (tertiary/aromatic N) is 1. The predicted octanol–water partition coefficient (Wildman–Crippen LogP) is 1.76. The summed E-state index contributed by atoms with van der Waals surface area (Å²) in [5, 5.41) is 5.43. The van der Waals surface area contributed by atoms with E-state index >= 15 is 0 Å². The first kappa shape index (κ1) is 17.0. The van der Waals surface area contributed by atoms with Crippen LogP contribution in [0.15, 0.2) is 30.3 Å². The van der Waals surface area contributed by atoms with Gasteiger partial charge in [0.05, 0.1) is 0 Å². The van der Waals surface area contributed by atoms with Crippen molar-refractivity contribution in [2.24, 2.45) is 0 Å². The number of benzene rings is 1. The number of hydrogen-bond donors (Lipinski definition) is 2. The number of hydrogen-bond acceptors (Lipinski definition) is 3. The summed E-state index contributed by atoms with van der Waals surface area (Å²) in [6.45, 7) is 4.05. The molecular formula is C17H23N3O3. The Morgan fingerprint density at radius 1 is 1.22 bits per heavy atom. The fourth-order valence-electron chi connectivity index (χ4n) is 2.61. The van der Waals surface area contributed by atoms with Crippen molar-refractivity contribution in [2.75, 3.05) is 13.1 Å². The van der Waals surface area contributed by atoms with Crippen LogP contribution in [0, 0.1) is 0 Å². The van der Waals surface area contributed by atoms with Gasteiger partial charge in [0.25, 0.3) is 5.91 Å². The van der Waals surface area contributed by atoms with E-state index in [1.165, 1.54) is 0 Å². The molecule has 0 aromatic heterocycles. The molecule has 1 fully saturated rings. The fraction of sp³-hybridized carbons (Fsp3) is 0.471. The third kappa shape index (κ3) is 3.70. The van der Waals surface area contributed by atoms with Crippen LogP contribution in [0.5, 0.6) is 0 Å². The van der Waals surface area contributed by atoms with Crippen molar-refractivity contribution in [2.45, 2.75) is 38.6 Å². The van der Waals surface area contributed by atoms with E-state index in [4.69, 9.17) is 0 Å². The van der Waals surface area contributed by atoms with E-state index in [-0.39, 0.29) is 12.5 Å². The van der Waals surface area contributed by atoms with Crippen LogP contribution in [0.4, 0.5) is 4.79 Å². The monoisotopic (exact) mass is 317 g/mol. The van der Waals surface area contributed by atoms with Crippen LogP contribution < -0.4 is 10.6 Å². The van der Waals surface area contributed by atoms with Crippen molar-refractivity contribution in [3.05, 3.63) is 35.9 Å². The summed E-state index contributed by atoms with van der Waals surface area (Å²) < 4.78 is 0. The summed E-state index contributed by atoms with van der Waals surface area (Å²) in [4.78, 5) is 37.6. The van der Waals surface area contributed by atoms with Crippen molar-refractivity contribution in [1.82, 2.24) is 15.5 Å². The van der Waals surface area contributed by atoms with Gasteiger partial charge in [0.1, 0.15) is 12.1 Å². The van der Waals surface area contributed by atoms with E-state index in [9.17, 15) is 14.4 Å². The van der Waals surface area contributed by atoms with Crippen molar-refractivity contribution < 1.29 is 14.4 Å². The average molecular weight is 317 g/mol. The number of urea groups is 1. The van der Waals surface area contributed by atoms with Gasteiger partial charge in [0, 0.05) is 6.54 Å². The Balaban J connectivity index is 2.00. The van der Waals surface area contributed by atoms with Gasteiger partial charge < -0.3 is 10.6 Å². The van der Waals surface area contributed by atoms with E-state index in [0.29, 0.717) is 12.1 Å². The molecule has 1 unspecified atom stereocenters. The molecule has 23 heavy (non-hydrogen) atoms. The molecule has 0 spiro atoms. The maximum Gasteiger partial charge on any atom is 0.325 e. The lowest BCUT2D eigenvalue weighted by atomic mass is 9.92. The topological polar surface area (TPSA) is 78.5 Å². The Morgan fingerprint density at radius 2 is 1.91 bits per heavy atom. The normalized spacial score (nSPS) is 20.5. The highest BCUT2D eigenvalue weighted by atomic mass is 16.2. The van der Waals surface area contributed by atoms with E-state index in [0.717, 1.165) is 24.2 Å². The van der Waals surface area contributed by atoms with E-state index in [2.05, 4.69) is 17.6 Å². The first-order valence-electron chi connectivity index (χ1n) is 7.95. The van der Waals surface area contributed by atoms with Gasteiger partial charge in [-0.05, 0) is 18.9 Å². The van der Waals surface area contributed by atoms with Gasteiger partial charge in [-0.15, -0.1) is 0 Å². The van der Waals surface area contributed by atoms with Crippen LogP contribution >= 0.6 is 0 Å². The van der Waals surface area contributed by atoms with Crippen LogP contribution in [0.3, 0.4) is 0 Å². The van der Waals surface area contributed by atoms with Crippen molar-refractivity contribution >= 4 is 17.8 Å². The molecule has 0 radical (unpaired) electrons. The second-order valence-corrected chi connectivity index (χ2v) is 5.87. The maximum absolute atomic E-state index is 12.6. The highest BCUT2D eigenvalue weighted by Gasteiger charge is 2.49. The molecule has 124 valence electrons. The number of unbranched alkanes of at least 4 members (excludes halogenated alkanes) is 2. The lowest BCUT2D eigenvalue weighted by Gasteiger charge is -2.22. The quantitative estimate of drug-likeness (QED) is 0.594. The minimum absolute atomic E-state index is 0.251. The number of carbonyl (C=O) groups is 3. The smallest absolute Gasteiger partial charge is 0.325 e. The third-order valence-electron chi connectivity index (χ3n) is 4.03. The molecule has 0 bridgehead atoms. The first-order chi connectivity index (χ1) is 11.0. The Morgan fingerprint density at radius 3 is 2.57 bits per heavy atom. The number of carbonyl (C=O) groups excluding carboxylic acids is 3. The Hall–Kier alpha value is -2.37. The molecule has 2 rings (SSSR count). The largest absolute Gasteiger partial charge is 0.355 e. The SMILES string of the molecule is CCCCCNC(=O)CN1C(=O)NC(C)(c2ccccc2)C1=O. The van der Waals surface area contributed by atoms with Gasteiger partial charge >= 0.3 is 6.03 Å². The second kappa shape index (κ2) is 7.26. The molecule has 1 aliphatic rings. The molecule has 6 nitrogen and oxygen atoms in total. The standard InChI is InChI=1S/C17H23N3O3/c1-3-4-8-11-18-14(21)12-20-15(22)17(2,19-16(20)23)13-9-6-5-7-10-13/h5-7,9-10H,3-4,8,11-12H2,1-2H3,(H,18,21)(H,19,23). The molecule has 1 atom stereocenters. The molecule has 1 aliphatic heterocycles. The number of nitrogens with one attached hydrogen (secondary N) is 2. The van der Waals surface area contributed by atoms with Crippen LogP contribution in [-0.2, 0) is 15.1 Å². The van der Waals surface area contributed by atoms with Crippen LogP contribution in [-0.4, -0.2) is 35.8 Å². The minimum atomic E-state index is -1.12. The molecule has 0 aliphatic carbocycles. The molecular weight excluding hydrogens is 294 g/mol. The molecule has 2 N–H and O–H groups in total. The highest BCUT2D eigenvalue weighted by Crippen LogP contribution is 2.28. The molecule has 6 heteroatoms. The van der Waals surface area contributed by atoms with Crippen LogP contribution in [0.25, 0.3) is 0 Å². The van der Waals surface area contributed by atoms with E-state index in [1.807, 2.05) is 18.2 Å². The van der Waals surface area contributed by atoms with Gasteiger partial charge in [-0.3, -0.25) is 14.5 Å². The summed E-state index contributed by atoms with van der Waals surface area (Å²) in [6.07, 6.45) is 3.00. The highest BCUT2D eigenvalue weighted by molar-refractivity contribution is 6.09. The Bertz CT molecular complexity index is 588. The number of imide groups is 1. The van der Waals surface area contributed by atoms with E-state index in [1.54, 1.807) is 19.1 Å². The summed E-state index contributed by atoms with van der Waals surface area (Å²) in [7, 11) is 0. The van der Waals surface area contributed by atoms with Crippen LogP contribution in [0.1, 0.15) is 38.7 Å². The molecule has 1 aromatic rings. The lowest BCUT2D eigenvalue weighted by molar-refractivity contribution is -0.134. The van der Waals surface area contributed by atoms with Gasteiger partial charge in [-0.25, -0.2) is 4.79 Å².